The Kier molecular flexibility index (Phi) is 5.98. The quantitative estimate of drug-likeness (QED) is 0.503. The second-order valence-electron chi connectivity index (χ2n) is 4.28. The largest absolute Gasteiger partial charge is 0.392 e. The van der Waals surface area contributed by atoms with Crippen molar-refractivity contribution in [1.29, 1.82) is 0 Å². The number of aldehydes is 1. The van der Waals surface area contributed by atoms with Gasteiger partial charge in [-0.3, -0.25) is 4.79 Å². The van der Waals surface area contributed by atoms with Crippen molar-refractivity contribution in [3.63, 3.8) is 0 Å². The lowest BCUT2D eigenvalue weighted by molar-refractivity contribution is -0.124. The zero-order valence-corrected chi connectivity index (χ0v) is 10.8. The number of aliphatic hydroxyl groups is 1. The van der Waals surface area contributed by atoms with Gasteiger partial charge in [0.05, 0.1) is 12.6 Å². The van der Waals surface area contributed by atoms with E-state index in [9.17, 15) is 9.59 Å². The smallest absolute Gasteiger partial charge is 0.237 e. The summed E-state index contributed by atoms with van der Waals surface area (Å²) in [7, 11) is 0. The van der Waals surface area contributed by atoms with Gasteiger partial charge in [0.15, 0.2) is 0 Å². The first-order chi connectivity index (χ1) is 9.06. The molecule has 5 N–H and O–H groups in total. The topological polar surface area (TPSA) is 104 Å². The standard InChI is InChI=1S/C13H19N3O3/c1-9(14)13(19)16-12(8-18)6-15-11-4-2-10(7-17)3-5-11/h2-5,8-9,12,15,17H,6-7,14H2,1H3,(H,16,19)/t9-,12-/m0/s1. The lowest BCUT2D eigenvalue weighted by atomic mass is 10.2. The van der Waals surface area contributed by atoms with E-state index in [0.717, 1.165) is 11.3 Å². The summed E-state index contributed by atoms with van der Waals surface area (Å²) in [6.07, 6.45) is 0.662. The summed E-state index contributed by atoms with van der Waals surface area (Å²) in [5.41, 5.74) is 7.02. The molecular weight excluding hydrogens is 246 g/mol. The summed E-state index contributed by atoms with van der Waals surface area (Å²) in [6.45, 7) is 1.82. The van der Waals surface area contributed by atoms with Crippen LogP contribution >= 0.6 is 0 Å². The van der Waals surface area contributed by atoms with Gasteiger partial charge in [0.2, 0.25) is 5.91 Å². The van der Waals surface area contributed by atoms with Crippen molar-refractivity contribution in [1.82, 2.24) is 5.32 Å². The van der Waals surface area contributed by atoms with E-state index in [-0.39, 0.29) is 19.1 Å². The molecule has 6 heteroatoms. The van der Waals surface area contributed by atoms with Crippen LogP contribution < -0.4 is 16.4 Å². The van der Waals surface area contributed by atoms with Crippen molar-refractivity contribution in [2.45, 2.75) is 25.6 Å². The predicted molar refractivity (Wildman–Crippen MR) is 72.5 cm³/mol. The van der Waals surface area contributed by atoms with E-state index in [1.807, 2.05) is 0 Å². The number of carbonyl (C=O) groups excluding carboxylic acids is 2. The minimum Gasteiger partial charge on any atom is -0.392 e. The fourth-order valence-electron chi connectivity index (χ4n) is 1.40. The highest BCUT2D eigenvalue weighted by Gasteiger charge is 2.13. The molecule has 0 saturated carbocycles. The number of carbonyl (C=O) groups is 2. The Bertz CT molecular complexity index is 418. The van der Waals surface area contributed by atoms with Gasteiger partial charge in [-0.1, -0.05) is 12.1 Å². The summed E-state index contributed by atoms with van der Waals surface area (Å²) in [5.74, 6) is -0.366. The third kappa shape index (κ3) is 5.07. The predicted octanol–water partition coefficient (Wildman–Crippen LogP) is -0.378. The maximum absolute atomic E-state index is 11.4. The molecule has 0 unspecified atom stereocenters. The molecule has 0 radical (unpaired) electrons. The Morgan fingerprint density at radius 3 is 2.53 bits per heavy atom. The van der Waals surface area contributed by atoms with E-state index in [0.29, 0.717) is 6.29 Å². The highest BCUT2D eigenvalue weighted by molar-refractivity contribution is 5.84. The Balaban J connectivity index is 2.48. The minimum atomic E-state index is -0.647. The first-order valence-corrected chi connectivity index (χ1v) is 6.01. The maximum Gasteiger partial charge on any atom is 0.237 e. The Morgan fingerprint density at radius 2 is 2.05 bits per heavy atom. The molecule has 0 spiro atoms. The number of anilines is 1. The molecule has 0 aliphatic rings. The number of rotatable bonds is 7. The Labute approximate surface area is 112 Å². The number of amides is 1. The Morgan fingerprint density at radius 1 is 1.42 bits per heavy atom. The molecule has 1 amide bonds. The number of benzene rings is 1. The van der Waals surface area contributed by atoms with Crippen LogP contribution in [0.3, 0.4) is 0 Å². The van der Waals surface area contributed by atoms with E-state index in [4.69, 9.17) is 10.8 Å². The van der Waals surface area contributed by atoms with Crippen LogP contribution in [0.15, 0.2) is 24.3 Å². The van der Waals surface area contributed by atoms with Gasteiger partial charge in [0.1, 0.15) is 12.3 Å². The third-order valence-corrected chi connectivity index (χ3v) is 2.57. The van der Waals surface area contributed by atoms with E-state index in [2.05, 4.69) is 10.6 Å². The lowest BCUT2D eigenvalue weighted by Gasteiger charge is -2.16. The van der Waals surface area contributed by atoms with Gasteiger partial charge in [0.25, 0.3) is 0 Å². The first kappa shape index (κ1) is 15.1. The number of hydrogen-bond acceptors (Lipinski definition) is 5. The summed E-state index contributed by atoms with van der Waals surface area (Å²) < 4.78 is 0. The molecule has 0 aromatic heterocycles. The normalized spacial score (nSPS) is 13.4. The van der Waals surface area contributed by atoms with Crippen molar-refractivity contribution in [2.24, 2.45) is 5.73 Å². The van der Waals surface area contributed by atoms with E-state index >= 15 is 0 Å². The van der Waals surface area contributed by atoms with Crippen molar-refractivity contribution in [3.8, 4) is 0 Å². The van der Waals surface area contributed by atoms with Crippen LogP contribution in [0, 0.1) is 0 Å². The number of aliphatic hydroxyl groups excluding tert-OH is 1. The average Bonchev–Trinajstić information content (AvgIpc) is 2.43. The van der Waals surface area contributed by atoms with Crippen LogP contribution in [0.4, 0.5) is 5.69 Å². The zero-order valence-electron chi connectivity index (χ0n) is 10.8. The average molecular weight is 265 g/mol. The lowest BCUT2D eigenvalue weighted by Crippen LogP contribution is -2.47. The second-order valence-corrected chi connectivity index (χ2v) is 4.28. The summed E-state index contributed by atoms with van der Waals surface area (Å²) in [4.78, 5) is 22.2. The third-order valence-electron chi connectivity index (χ3n) is 2.57. The SMILES string of the molecule is C[C@H](N)C(=O)N[C@H](C=O)CNc1ccc(CO)cc1. The van der Waals surface area contributed by atoms with Crippen molar-refractivity contribution in [2.75, 3.05) is 11.9 Å². The number of hydrogen-bond donors (Lipinski definition) is 4. The summed E-state index contributed by atoms with van der Waals surface area (Å²) in [5, 5.41) is 14.5. The molecule has 0 bridgehead atoms. The summed E-state index contributed by atoms with van der Waals surface area (Å²) in [6, 6.07) is 5.86. The molecule has 2 atom stereocenters. The molecular formula is C13H19N3O3. The van der Waals surface area contributed by atoms with Crippen LogP contribution in [0.2, 0.25) is 0 Å². The molecule has 6 nitrogen and oxygen atoms in total. The maximum atomic E-state index is 11.4. The molecule has 0 saturated heterocycles. The number of nitrogens with one attached hydrogen (secondary N) is 2. The summed E-state index contributed by atoms with van der Waals surface area (Å²) >= 11 is 0. The minimum absolute atomic E-state index is 0.0122. The molecule has 0 fully saturated rings. The molecule has 1 rings (SSSR count). The van der Waals surface area contributed by atoms with Crippen LogP contribution in [-0.4, -0.2) is 35.9 Å². The molecule has 0 aliphatic heterocycles. The monoisotopic (exact) mass is 265 g/mol. The van der Waals surface area contributed by atoms with Gasteiger partial charge < -0.3 is 26.3 Å². The number of nitrogens with two attached hydrogens (primary N) is 1. The van der Waals surface area contributed by atoms with E-state index in [1.165, 1.54) is 0 Å². The molecule has 1 aromatic carbocycles. The second kappa shape index (κ2) is 7.50. The van der Waals surface area contributed by atoms with E-state index in [1.54, 1.807) is 31.2 Å². The molecule has 1 aromatic rings. The molecule has 19 heavy (non-hydrogen) atoms. The highest BCUT2D eigenvalue weighted by atomic mass is 16.3. The highest BCUT2D eigenvalue weighted by Crippen LogP contribution is 2.09. The fraction of sp³-hybridized carbons (Fsp3) is 0.385. The van der Waals surface area contributed by atoms with Crippen LogP contribution in [0.25, 0.3) is 0 Å². The van der Waals surface area contributed by atoms with Gasteiger partial charge in [-0.2, -0.15) is 0 Å². The van der Waals surface area contributed by atoms with Crippen molar-refractivity contribution < 1.29 is 14.7 Å². The molecule has 0 heterocycles. The van der Waals surface area contributed by atoms with Gasteiger partial charge in [-0.05, 0) is 24.6 Å². The van der Waals surface area contributed by atoms with Crippen molar-refractivity contribution >= 4 is 17.9 Å². The first-order valence-electron chi connectivity index (χ1n) is 6.01. The van der Waals surface area contributed by atoms with Gasteiger partial charge in [-0.25, -0.2) is 0 Å². The van der Waals surface area contributed by atoms with Gasteiger partial charge in [-0.15, -0.1) is 0 Å². The molecule has 104 valence electrons. The molecule has 0 aliphatic carbocycles. The van der Waals surface area contributed by atoms with Crippen molar-refractivity contribution in [3.05, 3.63) is 29.8 Å². The van der Waals surface area contributed by atoms with Gasteiger partial charge in [0, 0.05) is 12.2 Å². The van der Waals surface area contributed by atoms with E-state index < -0.39 is 12.1 Å². The van der Waals surface area contributed by atoms with Crippen LogP contribution in [0.5, 0.6) is 0 Å². The Hall–Kier alpha value is -1.92. The van der Waals surface area contributed by atoms with Crippen LogP contribution in [0.1, 0.15) is 12.5 Å². The van der Waals surface area contributed by atoms with Gasteiger partial charge >= 0.3 is 0 Å². The zero-order chi connectivity index (χ0) is 14.3. The fourth-order valence-corrected chi connectivity index (χ4v) is 1.40. The van der Waals surface area contributed by atoms with Crippen LogP contribution in [-0.2, 0) is 16.2 Å².